The average molecular weight is 544 g/mol. The van der Waals surface area contributed by atoms with Gasteiger partial charge in [0.2, 0.25) is 0 Å². The topological polar surface area (TPSA) is 58.1 Å². The molecule has 1 aromatic rings. The van der Waals surface area contributed by atoms with Gasteiger partial charge in [-0.25, -0.2) is 0 Å². The molecule has 30 heavy (non-hydrogen) atoms. The monoisotopic (exact) mass is 544 g/mol. The average Bonchev–Trinajstić information content (AvgIpc) is 3.51. The van der Waals surface area contributed by atoms with Crippen molar-refractivity contribution in [3.63, 3.8) is 0 Å². The molecule has 6 nitrogen and oxygen atoms in total. The van der Waals surface area contributed by atoms with E-state index in [1.165, 1.54) is 12.8 Å². The van der Waals surface area contributed by atoms with Crippen molar-refractivity contribution >= 4 is 29.9 Å². The number of guanidine groups is 1. The molecule has 1 saturated carbocycles. The van der Waals surface area contributed by atoms with Crippen LogP contribution in [0.4, 0.5) is 13.2 Å². The zero-order chi connectivity index (χ0) is 21.3. The standard InChI is InChI=1S/C20H31F3N4O2.HI/c1-15-4-5-16(18(12-15)29-14-20(21,22)23)13-26-19(24-2)25-8-9-27(10-11-28-3)17-6-7-17;/h4-5,12,17H,6-11,13-14H2,1-3H3,(H2,24,25,26);1H. The van der Waals surface area contributed by atoms with Gasteiger partial charge in [-0.3, -0.25) is 9.89 Å². The number of halogens is 4. The van der Waals surface area contributed by atoms with Gasteiger partial charge in [0.1, 0.15) is 5.75 Å². The smallest absolute Gasteiger partial charge is 0.422 e. The molecule has 1 fully saturated rings. The number of ether oxygens (including phenoxy) is 2. The molecule has 10 heteroatoms. The van der Waals surface area contributed by atoms with Gasteiger partial charge in [-0.2, -0.15) is 13.2 Å². The molecule has 1 aromatic carbocycles. The Kier molecular flexibility index (Phi) is 11.8. The molecule has 1 aliphatic rings. The number of benzene rings is 1. The molecule has 0 aliphatic heterocycles. The van der Waals surface area contributed by atoms with Crippen molar-refractivity contribution in [3.05, 3.63) is 29.3 Å². The summed E-state index contributed by atoms with van der Waals surface area (Å²) in [7, 11) is 3.36. The SMILES string of the molecule is CN=C(NCCN(CCOC)C1CC1)NCc1ccc(C)cc1OCC(F)(F)F.I. The molecule has 2 N–H and O–H groups in total. The number of aryl methyl sites for hydroxylation is 1. The van der Waals surface area contributed by atoms with E-state index in [-0.39, 0.29) is 29.7 Å². The van der Waals surface area contributed by atoms with Crippen molar-refractivity contribution in [2.24, 2.45) is 4.99 Å². The van der Waals surface area contributed by atoms with Gasteiger partial charge in [-0.05, 0) is 31.4 Å². The molecule has 0 heterocycles. The summed E-state index contributed by atoms with van der Waals surface area (Å²) in [5, 5.41) is 6.39. The van der Waals surface area contributed by atoms with Crippen molar-refractivity contribution < 1.29 is 22.6 Å². The summed E-state index contributed by atoms with van der Waals surface area (Å²) in [6, 6.07) is 5.86. The zero-order valence-electron chi connectivity index (χ0n) is 17.7. The summed E-state index contributed by atoms with van der Waals surface area (Å²) < 4.78 is 47.7. The highest BCUT2D eigenvalue weighted by Gasteiger charge is 2.29. The maximum absolute atomic E-state index is 12.5. The third-order valence-electron chi connectivity index (χ3n) is 4.62. The van der Waals surface area contributed by atoms with Gasteiger partial charge >= 0.3 is 6.18 Å². The molecule has 2 rings (SSSR count). The predicted octanol–water partition coefficient (Wildman–Crippen LogP) is 3.33. The summed E-state index contributed by atoms with van der Waals surface area (Å²) in [5.41, 5.74) is 1.48. The van der Waals surface area contributed by atoms with Crippen molar-refractivity contribution in [2.75, 3.05) is 47.0 Å². The van der Waals surface area contributed by atoms with Gasteiger partial charge in [-0.15, -0.1) is 24.0 Å². The number of rotatable bonds is 11. The van der Waals surface area contributed by atoms with Crippen LogP contribution in [-0.4, -0.2) is 70.1 Å². The second kappa shape index (κ2) is 13.2. The van der Waals surface area contributed by atoms with E-state index in [0.717, 1.165) is 18.7 Å². The second-order valence-electron chi connectivity index (χ2n) is 7.13. The molecular weight excluding hydrogens is 512 g/mol. The first-order chi connectivity index (χ1) is 13.8. The van der Waals surface area contributed by atoms with Crippen LogP contribution >= 0.6 is 24.0 Å². The highest BCUT2D eigenvalue weighted by atomic mass is 127. The minimum Gasteiger partial charge on any atom is -0.484 e. The molecule has 0 aromatic heterocycles. The Morgan fingerprint density at radius 2 is 1.97 bits per heavy atom. The summed E-state index contributed by atoms with van der Waals surface area (Å²) in [4.78, 5) is 6.58. The quantitative estimate of drug-likeness (QED) is 0.255. The van der Waals surface area contributed by atoms with Crippen LogP contribution in [0.5, 0.6) is 5.75 Å². The number of alkyl halides is 3. The van der Waals surface area contributed by atoms with E-state index in [0.29, 0.717) is 37.3 Å². The van der Waals surface area contributed by atoms with Crippen LogP contribution in [0.25, 0.3) is 0 Å². The van der Waals surface area contributed by atoms with Crippen molar-refractivity contribution in [1.82, 2.24) is 15.5 Å². The van der Waals surface area contributed by atoms with E-state index >= 15 is 0 Å². The van der Waals surface area contributed by atoms with Crippen LogP contribution in [0.3, 0.4) is 0 Å². The Balaban J connectivity index is 0.00000450. The fraction of sp³-hybridized carbons (Fsp3) is 0.650. The number of nitrogens with zero attached hydrogens (tertiary/aromatic N) is 2. The minimum atomic E-state index is -4.37. The molecule has 0 atom stereocenters. The van der Waals surface area contributed by atoms with Gasteiger partial charge in [0.25, 0.3) is 0 Å². The molecule has 1 aliphatic carbocycles. The third kappa shape index (κ3) is 10.2. The molecule has 172 valence electrons. The number of aliphatic imine (C=N–C) groups is 1. The molecular formula is C20H32F3IN4O2. The van der Waals surface area contributed by atoms with Gasteiger partial charge < -0.3 is 20.1 Å². The fourth-order valence-electron chi connectivity index (χ4n) is 2.94. The Hall–Kier alpha value is -1.27. The minimum absolute atomic E-state index is 0. The summed E-state index contributed by atoms with van der Waals surface area (Å²) >= 11 is 0. The highest BCUT2D eigenvalue weighted by molar-refractivity contribution is 14.0. The van der Waals surface area contributed by atoms with Crippen LogP contribution < -0.4 is 15.4 Å². The first kappa shape index (κ1) is 26.8. The van der Waals surface area contributed by atoms with E-state index < -0.39 is 12.8 Å². The van der Waals surface area contributed by atoms with E-state index in [1.807, 2.05) is 13.0 Å². The lowest BCUT2D eigenvalue weighted by atomic mass is 10.1. The van der Waals surface area contributed by atoms with E-state index in [4.69, 9.17) is 9.47 Å². The van der Waals surface area contributed by atoms with Gasteiger partial charge in [0.05, 0.1) is 6.61 Å². The highest BCUT2D eigenvalue weighted by Crippen LogP contribution is 2.26. The van der Waals surface area contributed by atoms with Crippen LogP contribution in [0.15, 0.2) is 23.2 Å². The molecule has 0 radical (unpaired) electrons. The molecule has 0 amide bonds. The van der Waals surface area contributed by atoms with Gasteiger partial charge in [0.15, 0.2) is 12.6 Å². The van der Waals surface area contributed by atoms with Crippen LogP contribution in [0, 0.1) is 6.92 Å². The Bertz CT molecular complexity index is 670. The van der Waals surface area contributed by atoms with Crippen LogP contribution in [0.1, 0.15) is 24.0 Å². The van der Waals surface area contributed by atoms with Crippen molar-refractivity contribution in [2.45, 2.75) is 38.5 Å². The lowest BCUT2D eigenvalue weighted by molar-refractivity contribution is -0.153. The first-order valence-electron chi connectivity index (χ1n) is 9.79. The molecule has 0 saturated heterocycles. The summed E-state index contributed by atoms with van der Waals surface area (Å²) in [6.07, 6.45) is -1.92. The molecule has 0 bridgehead atoms. The van der Waals surface area contributed by atoms with Crippen LogP contribution in [0.2, 0.25) is 0 Å². The predicted molar refractivity (Wildman–Crippen MR) is 123 cm³/mol. The fourth-order valence-corrected chi connectivity index (χ4v) is 2.94. The maximum Gasteiger partial charge on any atom is 0.422 e. The summed E-state index contributed by atoms with van der Waals surface area (Å²) in [5.74, 6) is 0.819. The van der Waals surface area contributed by atoms with Gasteiger partial charge in [0, 0.05) is 51.9 Å². The van der Waals surface area contributed by atoms with E-state index in [1.54, 1.807) is 26.3 Å². The second-order valence-corrected chi connectivity index (χ2v) is 7.13. The lowest BCUT2D eigenvalue weighted by Crippen LogP contribution is -2.42. The maximum atomic E-state index is 12.5. The number of hydrogen-bond acceptors (Lipinski definition) is 4. The van der Waals surface area contributed by atoms with Crippen molar-refractivity contribution in [1.29, 1.82) is 0 Å². The molecule has 0 spiro atoms. The van der Waals surface area contributed by atoms with Gasteiger partial charge in [-0.1, -0.05) is 12.1 Å². The Morgan fingerprint density at radius 3 is 2.57 bits per heavy atom. The summed E-state index contributed by atoms with van der Waals surface area (Å²) in [6.45, 7) is 4.01. The number of nitrogens with one attached hydrogen (secondary N) is 2. The van der Waals surface area contributed by atoms with Crippen LogP contribution in [-0.2, 0) is 11.3 Å². The third-order valence-corrected chi connectivity index (χ3v) is 4.62. The van der Waals surface area contributed by atoms with Crippen molar-refractivity contribution in [3.8, 4) is 5.75 Å². The zero-order valence-corrected chi connectivity index (χ0v) is 20.0. The Morgan fingerprint density at radius 1 is 1.23 bits per heavy atom. The largest absolute Gasteiger partial charge is 0.484 e. The Labute approximate surface area is 193 Å². The molecule has 0 unspecified atom stereocenters. The number of hydrogen-bond donors (Lipinski definition) is 2. The first-order valence-corrected chi connectivity index (χ1v) is 9.79. The lowest BCUT2D eigenvalue weighted by Gasteiger charge is -2.22. The number of methoxy groups -OCH3 is 1. The van der Waals surface area contributed by atoms with E-state index in [2.05, 4.69) is 20.5 Å². The van der Waals surface area contributed by atoms with E-state index in [9.17, 15) is 13.2 Å². The normalized spacial score (nSPS) is 14.4.